The largest absolute Gasteiger partial charge is 0.480 e. The van der Waals surface area contributed by atoms with E-state index >= 15 is 0 Å². The number of carboxylic acid groups (broad SMARTS) is 1. The Bertz CT molecular complexity index is 593. The minimum absolute atomic E-state index is 0.00560. The van der Waals surface area contributed by atoms with Crippen LogP contribution in [0.15, 0.2) is 0 Å². The van der Waals surface area contributed by atoms with Crippen molar-refractivity contribution in [2.75, 3.05) is 26.2 Å². The molecule has 0 unspecified atom stereocenters. The maximum atomic E-state index is 12.3. The Kier molecular flexibility index (Phi) is 7.48. The van der Waals surface area contributed by atoms with E-state index in [9.17, 15) is 18.3 Å². The summed E-state index contributed by atoms with van der Waals surface area (Å²) in [6.07, 6.45) is -0.457. The van der Waals surface area contributed by atoms with Crippen LogP contribution in [0.1, 0.15) is 41.5 Å². The molecule has 0 aromatic rings. The van der Waals surface area contributed by atoms with E-state index in [0.717, 1.165) is 0 Å². The van der Waals surface area contributed by atoms with Gasteiger partial charge in [0, 0.05) is 26.2 Å². The van der Waals surface area contributed by atoms with Gasteiger partial charge in [-0.15, -0.1) is 0 Å². The average molecular weight is 409 g/mol. The first kappa shape index (κ1) is 23.6. The van der Waals surface area contributed by atoms with Gasteiger partial charge in [-0.2, -0.15) is 4.31 Å². The molecule has 0 amide bonds. The molecule has 26 heavy (non-hydrogen) atoms. The van der Waals surface area contributed by atoms with Gasteiger partial charge in [0.15, 0.2) is 8.32 Å². The fourth-order valence-corrected chi connectivity index (χ4v) is 5.57. The SMILES string of the molecule is CC(C)S(=O)(=O)N1CCN([C@H](C(=O)O)[C@@H](C)O[Si](C)(C)C(C)(C)C)CC1. The van der Waals surface area contributed by atoms with Gasteiger partial charge < -0.3 is 9.53 Å². The lowest BCUT2D eigenvalue weighted by Crippen LogP contribution is -2.59. The number of aliphatic carboxylic acids is 1. The zero-order valence-electron chi connectivity index (χ0n) is 17.4. The molecule has 0 radical (unpaired) electrons. The zero-order valence-corrected chi connectivity index (χ0v) is 19.3. The molecular weight excluding hydrogens is 372 g/mol. The Morgan fingerprint density at radius 2 is 1.54 bits per heavy atom. The van der Waals surface area contributed by atoms with Gasteiger partial charge >= 0.3 is 5.97 Å². The molecule has 0 aromatic carbocycles. The van der Waals surface area contributed by atoms with Crippen molar-refractivity contribution >= 4 is 24.3 Å². The smallest absolute Gasteiger partial charge is 0.323 e. The lowest BCUT2D eigenvalue weighted by Gasteiger charge is -2.43. The fraction of sp³-hybridized carbons (Fsp3) is 0.941. The summed E-state index contributed by atoms with van der Waals surface area (Å²) in [6, 6.07) is -0.770. The summed E-state index contributed by atoms with van der Waals surface area (Å²) in [5.74, 6) is -0.920. The molecule has 154 valence electrons. The van der Waals surface area contributed by atoms with Gasteiger partial charge in [0.1, 0.15) is 6.04 Å². The van der Waals surface area contributed by atoms with Gasteiger partial charge in [0.25, 0.3) is 0 Å². The van der Waals surface area contributed by atoms with Crippen LogP contribution in [0, 0.1) is 0 Å². The van der Waals surface area contributed by atoms with Crippen molar-refractivity contribution in [3.8, 4) is 0 Å². The molecule has 1 fully saturated rings. The van der Waals surface area contributed by atoms with Crippen LogP contribution in [0.3, 0.4) is 0 Å². The summed E-state index contributed by atoms with van der Waals surface area (Å²) >= 11 is 0. The first-order chi connectivity index (χ1) is 11.6. The lowest BCUT2D eigenvalue weighted by molar-refractivity contribution is -0.147. The Hall–Kier alpha value is -0.483. The number of nitrogens with zero attached hydrogens (tertiary/aromatic N) is 2. The highest BCUT2D eigenvalue weighted by molar-refractivity contribution is 7.89. The van der Waals surface area contributed by atoms with Crippen molar-refractivity contribution in [2.45, 2.75) is 77.1 Å². The second kappa shape index (κ2) is 8.26. The first-order valence-electron chi connectivity index (χ1n) is 9.25. The molecule has 0 aromatic heterocycles. The van der Waals surface area contributed by atoms with E-state index in [2.05, 4.69) is 33.9 Å². The minimum Gasteiger partial charge on any atom is -0.480 e. The molecule has 1 heterocycles. The number of piperazine rings is 1. The van der Waals surface area contributed by atoms with Crippen LogP contribution in [-0.2, 0) is 19.2 Å². The van der Waals surface area contributed by atoms with Crippen molar-refractivity contribution in [2.24, 2.45) is 0 Å². The molecule has 7 nitrogen and oxygen atoms in total. The summed E-state index contributed by atoms with van der Waals surface area (Å²) in [5.41, 5.74) is 0. The first-order valence-corrected chi connectivity index (χ1v) is 13.7. The third-order valence-corrected chi connectivity index (χ3v) is 12.5. The summed E-state index contributed by atoms with van der Waals surface area (Å²) in [4.78, 5) is 13.8. The van der Waals surface area contributed by atoms with Crippen molar-refractivity contribution in [1.82, 2.24) is 9.21 Å². The molecule has 2 atom stereocenters. The van der Waals surface area contributed by atoms with E-state index < -0.39 is 41.7 Å². The monoisotopic (exact) mass is 408 g/mol. The molecule has 1 N–H and O–H groups in total. The zero-order chi connectivity index (χ0) is 20.5. The van der Waals surface area contributed by atoms with Gasteiger partial charge in [-0.05, 0) is 38.9 Å². The maximum absolute atomic E-state index is 12.3. The highest BCUT2D eigenvalue weighted by Gasteiger charge is 2.43. The number of rotatable bonds is 7. The maximum Gasteiger partial charge on any atom is 0.323 e. The van der Waals surface area contributed by atoms with E-state index in [1.165, 1.54) is 4.31 Å². The van der Waals surface area contributed by atoms with E-state index in [4.69, 9.17) is 4.43 Å². The molecule has 1 rings (SSSR count). The number of hydrogen-bond acceptors (Lipinski definition) is 5. The second-order valence-electron chi connectivity index (χ2n) is 8.90. The van der Waals surface area contributed by atoms with Crippen molar-refractivity contribution < 1.29 is 22.7 Å². The van der Waals surface area contributed by atoms with Crippen LogP contribution >= 0.6 is 0 Å². The molecule has 1 aliphatic rings. The molecule has 1 saturated heterocycles. The van der Waals surface area contributed by atoms with Crippen LogP contribution in [0.4, 0.5) is 0 Å². The third kappa shape index (κ3) is 5.28. The summed E-state index contributed by atoms with van der Waals surface area (Å²) in [5, 5.41) is 9.30. The van der Waals surface area contributed by atoms with Gasteiger partial charge in [-0.3, -0.25) is 9.69 Å². The van der Waals surface area contributed by atoms with E-state index in [1.807, 2.05) is 11.8 Å². The topological polar surface area (TPSA) is 87.2 Å². The predicted molar refractivity (Wildman–Crippen MR) is 106 cm³/mol. The Balaban J connectivity index is 2.86. The summed E-state index contributed by atoms with van der Waals surface area (Å²) in [7, 11) is -5.40. The van der Waals surface area contributed by atoms with E-state index in [-0.39, 0.29) is 5.04 Å². The Morgan fingerprint density at radius 3 is 1.88 bits per heavy atom. The van der Waals surface area contributed by atoms with Gasteiger partial charge in [-0.1, -0.05) is 20.8 Å². The van der Waals surface area contributed by atoms with Crippen LogP contribution in [0.5, 0.6) is 0 Å². The van der Waals surface area contributed by atoms with E-state index in [0.29, 0.717) is 26.2 Å². The molecule has 0 saturated carbocycles. The summed E-state index contributed by atoms with van der Waals surface area (Å²) < 4.78 is 32.4. The highest BCUT2D eigenvalue weighted by atomic mass is 32.2. The van der Waals surface area contributed by atoms with Crippen molar-refractivity contribution in [3.05, 3.63) is 0 Å². The average Bonchev–Trinajstić information content (AvgIpc) is 2.45. The Morgan fingerprint density at radius 1 is 1.08 bits per heavy atom. The fourth-order valence-electron chi connectivity index (χ4n) is 2.89. The lowest BCUT2D eigenvalue weighted by atomic mass is 10.1. The highest BCUT2D eigenvalue weighted by Crippen LogP contribution is 2.38. The van der Waals surface area contributed by atoms with Gasteiger partial charge in [-0.25, -0.2) is 8.42 Å². The standard InChI is InChI=1S/C17H36N2O5SSi/c1-13(2)25(22,23)19-11-9-18(10-12-19)15(16(20)21)14(3)24-26(7,8)17(4,5)6/h13-15H,9-12H2,1-8H3,(H,20,21)/t14-,15+/m1/s1. The van der Waals surface area contributed by atoms with E-state index in [1.54, 1.807) is 13.8 Å². The van der Waals surface area contributed by atoms with Gasteiger partial charge in [0.05, 0.1) is 11.4 Å². The molecule has 0 aliphatic carbocycles. The number of carboxylic acids is 1. The van der Waals surface area contributed by atoms with Crippen molar-refractivity contribution in [3.63, 3.8) is 0 Å². The van der Waals surface area contributed by atoms with Crippen LogP contribution in [-0.4, -0.2) is 80.6 Å². The second-order valence-corrected chi connectivity index (χ2v) is 16.1. The Labute approximate surface area is 159 Å². The van der Waals surface area contributed by atoms with Crippen LogP contribution in [0.2, 0.25) is 18.1 Å². The molecule has 0 spiro atoms. The number of carbonyl (C=O) groups is 1. The normalized spacial score (nSPS) is 21.0. The quantitative estimate of drug-likeness (QED) is 0.650. The predicted octanol–water partition coefficient (Wildman–Crippen LogP) is 2.21. The number of hydrogen-bond donors (Lipinski definition) is 1. The molecular formula is C17H36N2O5SSi. The van der Waals surface area contributed by atoms with Crippen LogP contribution < -0.4 is 0 Å². The molecule has 1 aliphatic heterocycles. The summed E-state index contributed by atoms with van der Waals surface area (Å²) in [6.45, 7) is 17.2. The van der Waals surface area contributed by atoms with Crippen LogP contribution in [0.25, 0.3) is 0 Å². The number of sulfonamides is 1. The minimum atomic E-state index is -3.30. The van der Waals surface area contributed by atoms with Gasteiger partial charge in [0.2, 0.25) is 10.0 Å². The third-order valence-electron chi connectivity index (χ3n) is 5.61. The molecule has 9 heteroatoms. The molecule has 0 bridgehead atoms. The van der Waals surface area contributed by atoms with Crippen molar-refractivity contribution in [1.29, 1.82) is 0 Å².